The lowest BCUT2D eigenvalue weighted by Crippen LogP contribution is -2.42. The van der Waals surface area contributed by atoms with Crippen LogP contribution in [0.5, 0.6) is 5.88 Å². The van der Waals surface area contributed by atoms with Crippen LogP contribution in [0.25, 0.3) is 0 Å². The molecule has 1 aliphatic heterocycles. The maximum Gasteiger partial charge on any atom is 0.226 e. The van der Waals surface area contributed by atoms with E-state index in [4.69, 9.17) is 4.74 Å². The molecule has 0 aliphatic carbocycles. The highest BCUT2D eigenvalue weighted by Gasteiger charge is 2.18. The third kappa shape index (κ3) is 3.58. The van der Waals surface area contributed by atoms with E-state index in [1.165, 1.54) is 0 Å². The van der Waals surface area contributed by atoms with Crippen LogP contribution in [-0.2, 0) is 4.79 Å². The summed E-state index contributed by atoms with van der Waals surface area (Å²) in [5.41, 5.74) is 0. The van der Waals surface area contributed by atoms with Crippen LogP contribution in [0.4, 0.5) is 5.95 Å². The highest BCUT2D eigenvalue weighted by molar-refractivity contribution is 5.76. The van der Waals surface area contributed by atoms with Crippen LogP contribution in [-0.4, -0.2) is 35.1 Å². The first-order valence-electron chi connectivity index (χ1n) is 6.27. The normalized spacial score (nSPS) is 19.2. The van der Waals surface area contributed by atoms with Gasteiger partial charge in [-0.3, -0.25) is 4.79 Å². The lowest BCUT2D eigenvalue weighted by molar-refractivity contribution is -0.122. The number of hydrogen-bond donors (Lipinski definition) is 2. The molecule has 1 saturated heterocycles. The molecule has 2 rings (SSSR count). The summed E-state index contributed by atoms with van der Waals surface area (Å²) in [6.07, 6.45) is 3.96. The van der Waals surface area contributed by atoms with Gasteiger partial charge in [-0.05, 0) is 12.8 Å². The van der Waals surface area contributed by atoms with Gasteiger partial charge in [0.25, 0.3) is 0 Å². The summed E-state index contributed by atoms with van der Waals surface area (Å²) in [6.45, 7) is 3.31. The third-order valence-electron chi connectivity index (χ3n) is 2.68. The Labute approximate surface area is 106 Å². The number of anilines is 1. The second-order valence-corrected chi connectivity index (χ2v) is 4.25. The Morgan fingerprint density at radius 1 is 1.61 bits per heavy atom. The van der Waals surface area contributed by atoms with Gasteiger partial charge < -0.3 is 15.4 Å². The number of amides is 1. The lowest BCUT2D eigenvalue weighted by atomic mass is 10.1. The van der Waals surface area contributed by atoms with Gasteiger partial charge in [-0.1, -0.05) is 6.92 Å². The van der Waals surface area contributed by atoms with Gasteiger partial charge in [-0.2, -0.15) is 4.98 Å². The predicted molar refractivity (Wildman–Crippen MR) is 67.5 cm³/mol. The first kappa shape index (κ1) is 12.6. The second kappa shape index (κ2) is 6.18. The van der Waals surface area contributed by atoms with Crippen LogP contribution in [0.15, 0.2) is 12.3 Å². The average Bonchev–Trinajstić information content (AvgIpc) is 2.40. The molecule has 1 unspecified atom stereocenters. The fourth-order valence-corrected chi connectivity index (χ4v) is 1.74. The van der Waals surface area contributed by atoms with E-state index in [1.54, 1.807) is 12.3 Å². The van der Waals surface area contributed by atoms with Gasteiger partial charge in [0.1, 0.15) is 0 Å². The van der Waals surface area contributed by atoms with Crippen molar-refractivity contribution in [2.75, 3.05) is 18.5 Å². The molecule has 0 aromatic carbocycles. The molecule has 0 spiro atoms. The van der Waals surface area contributed by atoms with Crippen LogP contribution in [0, 0.1) is 0 Å². The topological polar surface area (TPSA) is 76.1 Å². The molecule has 98 valence electrons. The van der Waals surface area contributed by atoms with Gasteiger partial charge in [0.2, 0.25) is 17.7 Å². The zero-order valence-electron chi connectivity index (χ0n) is 10.5. The molecular weight excluding hydrogens is 232 g/mol. The fraction of sp³-hybridized carbons (Fsp3) is 0.583. The molecule has 1 amide bonds. The fourth-order valence-electron chi connectivity index (χ4n) is 1.74. The number of piperidine rings is 1. The van der Waals surface area contributed by atoms with E-state index in [0.717, 1.165) is 12.8 Å². The minimum atomic E-state index is 0.106. The Hall–Kier alpha value is -1.85. The number of carbonyl (C=O) groups excluding carboxylic acids is 1. The molecule has 2 heterocycles. The largest absolute Gasteiger partial charge is 0.478 e. The number of aromatic nitrogens is 2. The number of rotatable bonds is 5. The predicted octanol–water partition coefficient (Wildman–Crippen LogP) is 0.956. The van der Waals surface area contributed by atoms with Crippen LogP contribution in [0.2, 0.25) is 0 Å². The van der Waals surface area contributed by atoms with Crippen molar-refractivity contribution in [2.24, 2.45) is 0 Å². The summed E-state index contributed by atoms with van der Waals surface area (Å²) in [5, 5.41) is 6.01. The van der Waals surface area contributed by atoms with E-state index in [9.17, 15) is 4.79 Å². The maximum atomic E-state index is 11.0. The van der Waals surface area contributed by atoms with Gasteiger partial charge >= 0.3 is 0 Å². The number of hydrogen-bond acceptors (Lipinski definition) is 5. The Balaban J connectivity index is 1.90. The Bertz CT molecular complexity index is 401. The molecular formula is C12H18N4O2. The zero-order chi connectivity index (χ0) is 12.8. The van der Waals surface area contributed by atoms with Crippen molar-refractivity contribution in [3.05, 3.63) is 12.3 Å². The van der Waals surface area contributed by atoms with Crippen molar-refractivity contribution in [1.29, 1.82) is 0 Å². The molecule has 1 aromatic rings. The van der Waals surface area contributed by atoms with Crippen LogP contribution >= 0.6 is 0 Å². The molecule has 0 bridgehead atoms. The molecule has 0 radical (unpaired) electrons. The van der Waals surface area contributed by atoms with E-state index >= 15 is 0 Å². The van der Waals surface area contributed by atoms with Crippen molar-refractivity contribution in [3.8, 4) is 5.88 Å². The molecule has 6 nitrogen and oxygen atoms in total. The van der Waals surface area contributed by atoms with Gasteiger partial charge in [0.15, 0.2) is 0 Å². The maximum absolute atomic E-state index is 11.0. The first-order chi connectivity index (χ1) is 8.78. The summed E-state index contributed by atoms with van der Waals surface area (Å²) in [7, 11) is 0. The number of nitrogens with zero attached hydrogens (tertiary/aromatic N) is 2. The van der Waals surface area contributed by atoms with E-state index in [0.29, 0.717) is 31.4 Å². The van der Waals surface area contributed by atoms with Gasteiger partial charge in [0.05, 0.1) is 6.61 Å². The highest BCUT2D eigenvalue weighted by Crippen LogP contribution is 2.12. The average molecular weight is 250 g/mol. The van der Waals surface area contributed by atoms with Crippen LogP contribution in [0.1, 0.15) is 26.2 Å². The molecule has 0 saturated carbocycles. The standard InChI is InChI=1S/C12H18N4O2/c1-2-7-18-11-5-6-13-12(16-11)15-9-3-4-10(17)14-8-9/h5-6,9H,2-4,7-8H2,1H3,(H,14,17)(H,13,15,16). The lowest BCUT2D eigenvalue weighted by Gasteiger charge is -2.23. The van der Waals surface area contributed by atoms with Gasteiger partial charge in [-0.25, -0.2) is 4.98 Å². The molecule has 1 atom stereocenters. The zero-order valence-corrected chi connectivity index (χ0v) is 10.5. The molecule has 1 aliphatic rings. The number of ether oxygens (including phenoxy) is 1. The Morgan fingerprint density at radius 2 is 2.50 bits per heavy atom. The van der Waals surface area contributed by atoms with Gasteiger partial charge in [-0.15, -0.1) is 0 Å². The molecule has 18 heavy (non-hydrogen) atoms. The van der Waals surface area contributed by atoms with E-state index < -0.39 is 0 Å². The van der Waals surface area contributed by atoms with Crippen molar-refractivity contribution in [3.63, 3.8) is 0 Å². The molecule has 2 N–H and O–H groups in total. The number of nitrogens with one attached hydrogen (secondary N) is 2. The van der Waals surface area contributed by atoms with Gasteiger partial charge in [0, 0.05) is 31.3 Å². The first-order valence-corrected chi connectivity index (χ1v) is 6.27. The quantitative estimate of drug-likeness (QED) is 0.814. The minimum absolute atomic E-state index is 0.106. The molecule has 6 heteroatoms. The second-order valence-electron chi connectivity index (χ2n) is 4.25. The molecule has 1 aromatic heterocycles. The van der Waals surface area contributed by atoms with Crippen molar-refractivity contribution < 1.29 is 9.53 Å². The summed E-state index contributed by atoms with van der Waals surface area (Å²) in [6, 6.07) is 1.92. The van der Waals surface area contributed by atoms with Crippen molar-refractivity contribution in [2.45, 2.75) is 32.2 Å². The monoisotopic (exact) mass is 250 g/mol. The summed E-state index contributed by atoms with van der Waals surface area (Å²) in [5.74, 6) is 1.23. The summed E-state index contributed by atoms with van der Waals surface area (Å²) >= 11 is 0. The molecule has 1 fully saturated rings. The Morgan fingerprint density at radius 3 is 3.22 bits per heavy atom. The van der Waals surface area contributed by atoms with E-state index in [-0.39, 0.29) is 11.9 Å². The summed E-state index contributed by atoms with van der Waals surface area (Å²) in [4.78, 5) is 19.5. The van der Waals surface area contributed by atoms with Crippen LogP contribution in [0.3, 0.4) is 0 Å². The van der Waals surface area contributed by atoms with E-state index in [2.05, 4.69) is 20.6 Å². The third-order valence-corrected chi connectivity index (χ3v) is 2.68. The van der Waals surface area contributed by atoms with Crippen molar-refractivity contribution in [1.82, 2.24) is 15.3 Å². The minimum Gasteiger partial charge on any atom is -0.478 e. The number of carbonyl (C=O) groups is 1. The summed E-state index contributed by atoms with van der Waals surface area (Å²) < 4.78 is 5.44. The smallest absolute Gasteiger partial charge is 0.226 e. The highest BCUT2D eigenvalue weighted by atomic mass is 16.5. The SMILES string of the molecule is CCCOc1ccnc(NC2CCC(=O)NC2)n1. The van der Waals surface area contributed by atoms with E-state index in [1.807, 2.05) is 6.92 Å². The Kier molecular flexibility index (Phi) is 4.33. The van der Waals surface area contributed by atoms with Crippen LogP contribution < -0.4 is 15.4 Å². The van der Waals surface area contributed by atoms with Crippen molar-refractivity contribution >= 4 is 11.9 Å².